The number of carbonyl (C=O) groups excluding carboxylic acids is 1. The summed E-state index contributed by atoms with van der Waals surface area (Å²) >= 11 is 0. The van der Waals surface area contributed by atoms with Crippen molar-refractivity contribution >= 4 is 11.9 Å². The van der Waals surface area contributed by atoms with Gasteiger partial charge in [0.15, 0.2) is 0 Å². The number of hydrogen-bond acceptors (Lipinski definition) is 4. The van der Waals surface area contributed by atoms with Crippen LogP contribution in [0.4, 0.5) is 5.95 Å². The number of nitrogens with zero attached hydrogens (tertiary/aromatic N) is 2. The van der Waals surface area contributed by atoms with E-state index in [0.717, 1.165) is 0 Å². The molecule has 70 valence electrons. The molecule has 1 aromatic heterocycles. The fourth-order valence-corrected chi connectivity index (χ4v) is 0.719. The number of nitrogens with one attached hydrogen (secondary N) is 1. The summed E-state index contributed by atoms with van der Waals surface area (Å²) in [7, 11) is 0. The van der Waals surface area contributed by atoms with E-state index in [1.807, 2.05) is 6.92 Å². The van der Waals surface area contributed by atoms with Gasteiger partial charge in [-0.25, -0.2) is 9.97 Å². The minimum Gasteiger partial charge on any atom is -0.372 e. The molecule has 0 unspecified atom stereocenters. The Labute approximate surface area is 76.2 Å². The lowest BCUT2D eigenvalue weighted by Crippen LogP contribution is -2.19. The van der Waals surface area contributed by atoms with Crippen molar-refractivity contribution in [3.63, 3.8) is 0 Å². The molecule has 5 heteroatoms. The molecule has 1 amide bonds. The molecule has 0 spiro atoms. The molecule has 0 aliphatic carbocycles. The maximum absolute atomic E-state index is 11.1. The van der Waals surface area contributed by atoms with E-state index >= 15 is 0 Å². The van der Waals surface area contributed by atoms with Crippen molar-refractivity contribution in [2.45, 2.75) is 6.92 Å². The zero-order valence-corrected chi connectivity index (χ0v) is 7.36. The van der Waals surface area contributed by atoms with Gasteiger partial charge in [0, 0.05) is 19.0 Å². The van der Waals surface area contributed by atoms with Crippen molar-refractivity contribution < 1.29 is 9.53 Å². The molecule has 0 aliphatic heterocycles. The molecular formula is C8H11N3O2. The fourth-order valence-electron chi connectivity index (χ4n) is 0.719. The van der Waals surface area contributed by atoms with Crippen LogP contribution in [0.5, 0.6) is 0 Å². The van der Waals surface area contributed by atoms with Crippen LogP contribution in [0.1, 0.15) is 6.92 Å². The Morgan fingerprint density at radius 2 is 2.23 bits per heavy atom. The highest BCUT2D eigenvalue weighted by Crippen LogP contribution is 1.93. The van der Waals surface area contributed by atoms with Gasteiger partial charge in [0.25, 0.3) is 5.91 Å². The number of carbonyl (C=O) groups is 1. The Morgan fingerprint density at radius 1 is 1.54 bits per heavy atom. The standard InChI is InChI=1S/C8H11N3O2/c1-2-13-6-7(12)11-8-9-4-3-5-10-8/h3-5H,2,6H2,1H3,(H,9,10,11,12). The van der Waals surface area contributed by atoms with E-state index in [1.54, 1.807) is 18.5 Å². The van der Waals surface area contributed by atoms with E-state index in [4.69, 9.17) is 4.74 Å². The number of ether oxygens (including phenoxy) is 1. The Balaban J connectivity index is 2.37. The Kier molecular flexibility index (Phi) is 3.84. The van der Waals surface area contributed by atoms with Crippen LogP contribution in [-0.4, -0.2) is 29.1 Å². The molecule has 0 saturated heterocycles. The smallest absolute Gasteiger partial charge is 0.252 e. The average Bonchev–Trinajstić information content (AvgIpc) is 2.16. The molecule has 0 aromatic carbocycles. The lowest BCUT2D eigenvalue weighted by molar-refractivity contribution is -0.120. The van der Waals surface area contributed by atoms with E-state index in [9.17, 15) is 4.79 Å². The van der Waals surface area contributed by atoms with Crippen LogP contribution in [0, 0.1) is 0 Å². The largest absolute Gasteiger partial charge is 0.372 e. The highest BCUT2D eigenvalue weighted by Gasteiger charge is 2.01. The van der Waals surface area contributed by atoms with Crippen LogP contribution >= 0.6 is 0 Å². The first-order chi connectivity index (χ1) is 6.33. The Hall–Kier alpha value is -1.49. The van der Waals surface area contributed by atoms with Crippen LogP contribution in [0.3, 0.4) is 0 Å². The van der Waals surface area contributed by atoms with Crippen LogP contribution in [-0.2, 0) is 9.53 Å². The van der Waals surface area contributed by atoms with E-state index in [1.165, 1.54) is 0 Å². The molecular weight excluding hydrogens is 170 g/mol. The molecule has 0 fully saturated rings. The number of anilines is 1. The van der Waals surface area contributed by atoms with Gasteiger partial charge in [-0.2, -0.15) is 0 Å². The van der Waals surface area contributed by atoms with Gasteiger partial charge in [-0.05, 0) is 13.0 Å². The van der Waals surface area contributed by atoms with Crippen molar-refractivity contribution in [1.29, 1.82) is 0 Å². The third-order valence-electron chi connectivity index (χ3n) is 1.25. The summed E-state index contributed by atoms with van der Waals surface area (Å²) in [4.78, 5) is 18.7. The highest BCUT2D eigenvalue weighted by atomic mass is 16.5. The topological polar surface area (TPSA) is 64.1 Å². The second-order valence-corrected chi connectivity index (χ2v) is 2.26. The normalized spacial score (nSPS) is 9.62. The SMILES string of the molecule is CCOCC(=O)Nc1ncccn1. The van der Waals surface area contributed by atoms with Crippen LogP contribution in [0.15, 0.2) is 18.5 Å². The molecule has 5 nitrogen and oxygen atoms in total. The summed E-state index contributed by atoms with van der Waals surface area (Å²) in [5.74, 6) is 0.0558. The van der Waals surface area contributed by atoms with Gasteiger partial charge in [-0.3, -0.25) is 10.1 Å². The van der Waals surface area contributed by atoms with Gasteiger partial charge >= 0.3 is 0 Å². The highest BCUT2D eigenvalue weighted by molar-refractivity contribution is 5.89. The van der Waals surface area contributed by atoms with E-state index < -0.39 is 0 Å². The van der Waals surface area contributed by atoms with Crippen molar-refractivity contribution in [2.75, 3.05) is 18.5 Å². The molecule has 0 aliphatic rings. The lowest BCUT2D eigenvalue weighted by atomic mass is 10.6. The molecule has 1 N–H and O–H groups in total. The number of amides is 1. The summed E-state index contributed by atoms with van der Waals surface area (Å²) < 4.78 is 4.90. The van der Waals surface area contributed by atoms with Crippen molar-refractivity contribution in [1.82, 2.24) is 9.97 Å². The van der Waals surface area contributed by atoms with E-state index in [2.05, 4.69) is 15.3 Å². The summed E-state index contributed by atoms with van der Waals surface area (Å²) in [5.41, 5.74) is 0. The van der Waals surface area contributed by atoms with Gasteiger partial charge in [0.05, 0.1) is 0 Å². The zero-order valence-electron chi connectivity index (χ0n) is 7.36. The molecule has 0 saturated carbocycles. The van der Waals surface area contributed by atoms with Crippen molar-refractivity contribution in [3.05, 3.63) is 18.5 Å². The van der Waals surface area contributed by atoms with Gasteiger partial charge in [0.2, 0.25) is 5.95 Å². The average molecular weight is 181 g/mol. The van der Waals surface area contributed by atoms with Gasteiger partial charge in [0.1, 0.15) is 6.61 Å². The molecule has 1 heterocycles. The number of hydrogen-bond donors (Lipinski definition) is 1. The molecule has 1 rings (SSSR count). The van der Waals surface area contributed by atoms with E-state index in [-0.39, 0.29) is 12.5 Å². The summed E-state index contributed by atoms with van der Waals surface area (Å²) in [6.07, 6.45) is 3.12. The maximum atomic E-state index is 11.1. The summed E-state index contributed by atoms with van der Waals surface area (Å²) in [6, 6.07) is 1.68. The van der Waals surface area contributed by atoms with Gasteiger partial charge < -0.3 is 4.74 Å². The molecule has 1 aromatic rings. The first kappa shape index (κ1) is 9.60. The molecule has 13 heavy (non-hydrogen) atoms. The summed E-state index contributed by atoms with van der Waals surface area (Å²) in [6.45, 7) is 2.38. The van der Waals surface area contributed by atoms with Crippen LogP contribution in [0.25, 0.3) is 0 Å². The quantitative estimate of drug-likeness (QED) is 0.732. The minimum absolute atomic E-state index is 0.0365. The maximum Gasteiger partial charge on any atom is 0.252 e. The lowest BCUT2D eigenvalue weighted by Gasteiger charge is -2.01. The molecule has 0 bridgehead atoms. The van der Waals surface area contributed by atoms with Crippen molar-refractivity contribution in [3.8, 4) is 0 Å². The summed E-state index contributed by atoms with van der Waals surface area (Å²) in [5, 5.41) is 2.49. The third kappa shape index (κ3) is 3.62. The molecule has 0 atom stereocenters. The van der Waals surface area contributed by atoms with Crippen molar-refractivity contribution in [2.24, 2.45) is 0 Å². The second kappa shape index (κ2) is 5.21. The number of aromatic nitrogens is 2. The first-order valence-electron chi connectivity index (χ1n) is 3.97. The second-order valence-electron chi connectivity index (χ2n) is 2.26. The predicted octanol–water partition coefficient (Wildman–Crippen LogP) is 0.452. The van der Waals surface area contributed by atoms with Gasteiger partial charge in [-0.1, -0.05) is 0 Å². The first-order valence-corrected chi connectivity index (χ1v) is 3.97. The Bertz CT molecular complexity index is 263. The monoisotopic (exact) mass is 181 g/mol. The predicted molar refractivity (Wildman–Crippen MR) is 47.2 cm³/mol. The van der Waals surface area contributed by atoms with E-state index in [0.29, 0.717) is 12.6 Å². The Morgan fingerprint density at radius 3 is 2.85 bits per heavy atom. The van der Waals surface area contributed by atoms with Gasteiger partial charge in [-0.15, -0.1) is 0 Å². The minimum atomic E-state index is -0.243. The fraction of sp³-hybridized carbons (Fsp3) is 0.375. The van der Waals surface area contributed by atoms with Crippen LogP contribution in [0.2, 0.25) is 0 Å². The third-order valence-corrected chi connectivity index (χ3v) is 1.25. The van der Waals surface area contributed by atoms with Crippen LogP contribution < -0.4 is 5.32 Å². The molecule has 0 radical (unpaired) electrons. The number of rotatable bonds is 4. The zero-order chi connectivity index (χ0) is 9.52.